The van der Waals surface area contributed by atoms with E-state index in [2.05, 4.69) is 30.5 Å². The lowest BCUT2D eigenvalue weighted by molar-refractivity contribution is -0.139. The summed E-state index contributed by atoms with van der Waals surface area (Å²) in [5.41, 5.74) is 4.47. The minimum Gasteiger partial charge on any atom is -0.482 e. The summed E-state index contributed by atoms with van der Waals surface area (Å²) in [4.78, 5) is 10.5. The topological polar surface area (TPSA) is 51.5 Å². The Bertz CT molecular complexity index is 594. The van der Waals surface area contributed by atoms with E-state index in [-0.39, 0.29) is 6.61 Å². The summed E-state index contributed by atoms with van der Waals surface area (Å²) < 4.78 is 7.34. The molecule has 2 rings (SSSR count). The summed E-state index contributed by atoms with van der Waals surface area (Å²) in [5.74, 6) is -0.398. The minimum absolute atomic E-state index is 0.319. The van der Waals surface area contributed by atoms with Crippen LogP contribution in [0, 0.1) is 20.8 Å². The van der Waals surface area contributed by atoms with Gasteiger partial charge in [0.2, 0.25) is 0 Å². The molecule has 1 aromatic carbocycles. The third-order valence-electron chi connectivity index (χ3n) is 3.04. The van der Waals surface area contributed by atoms with Gasteiger partial charge >= 0.3 is 5.97 Å². The van der Waals surface area contributed by atoms with Crippen LogP contribution in [-0.2, 0) is 4.79 Å². The molecular formula is C15H17NO3. The second-order valence-corrected chi connectivity index (χ2v) is 4.58. The Balaban J connectivity index is 2.32. The van der Waals surface area contributed by atoms with Gasteiger partial charge in [0.05, 0.1) is 0 Å². The van der Waals surface area contributed by atoms with E-state index in [1.54, 1.807) is 6.07 Å². The molecule has 0 atom stereocenters. The van der Waals surface area contributed by atoms with Gasteiger partial charge in [-0.1, -0.05) is 0 Å². The fourth-order valence-electron chi connectivity index (χ4n) is 2.16. The molecule has 0 amide bonds. The van der Waals surface area contributed by atoms with Crippen LogP contribution in [0.3, 0.4) is 0 Å². The highest BCUT2D eigenvalue weighted by molar-refractivity contribution is 5.68. The van der Waals surface area contributed by atoms with E-state index < -0.39 is 5.97 Å². The van der Waals surface area contributed by atoms with Crippen molar-refractivity contribution in [3.63, 3.8) is 0 Å². The van der Waals surface area contributed by atoms with E-state index in [1.165, 1.54) is 11.4 Å². The van der Waals surface area contributed by atoms with Gasteiger partial charge in [-0.2, -0.15) is 0 Å². The first kappa shape index (κ1) is 13.2. The summed E-state index contributed by atoms with van der Waals surface area (Å²) >= 11 is 0. The Hall–Kier alpha value is -2.23. The Labute approximate surface area is 112 Å². The lowest BCUT2D eigenvalue weighted by Gasteiger charge is -2.14. The number of carboxylic acids is 1. The first-order valence-electron chi connectivity index (χ1n) is 6.09. The summed E-state index contributed by atoms with van der Waals surface area (Å²) in [5, 5.41) is 8.59. The van der Waals surface area contributed by atoms with E-state index in [0.717, 1.165) is 11.3 Å². The van der Waals surface area contributed by atoms with E-state index in [9.17, 15) is 4.79 Å². The second kappa shape index (κ2) is 5.18. The molecule has 0 aliphatic carbocycles. The van der Waals surface area contributed by atoms with Crippen molar-refractivity contribution in [3.05, 3.63) is 47.3 Å². The number of aromatic nitrogens is 1. The predicted molar refractivity (Wildman–Crippen MR) is 73.1 cm³/mol. The van der Waals surface area contributed by atoms with Crippen molar-refractivity contribution >= 4 is 5.97 Å². The number of hydrogen-bond acceptors (Lipinski definition) is 2. The molecule has 100 valence electrons. The molecule has 0 unspecified atom stereocenters. The van der Waals surface area contributed by atoms with Gasteiger partial charge in [0.1, 0.15) is 5.75 Å². The maximum atomic E-state index is 10.5. The van der Waals surface area contributed by atoms with Gasteiger partial charge in [-0.15, -0.1) is 0 Å². The third kappa shape index (κ3) is 2.78. The number of carbonyl (C=O) groups is 1. The Morgan fingerprint density at radius 2 is 1.79 bits per heavy atom. The molecule has 1 heterocycles. The minimum atomic E-state index is -0.973. The molecule has 1 aromatic heterocycles. The average molecular weight is 259 g/mol. The molecule has 4 nitrogen and oxygen atoms in total. The van der Waals surface area contributed by atoms with Crippen LogP contribution < -0.4 is 4.74 Å². The van der Waals surface area contributed by atoms with E-state index >= 15 is 0 Å². The number of ether oxygens (including phenoxy) is 1. The van der Waals surface area contributed by atoms with E-state index in [1.807, 2.05) is 19.1 Å². The summed E-state index contributed by atoms with van der Waals surface area (Å²) in [6.45, 7) is 5.78. The highest BCUT2D eigenvalue weighted by Gasteiger charge is 2.08. The zero-order valence-corrected chi connectivity index (χ0v) is 11.3. The quantitative estimate of drug-likeness (QED) is 0.918. The normalized spacial score (nSPS) is 10.5. The summed E-state index contributed by atoms with van der Waals surface area (Å²) in [6.07, 6.45) is 0. The Morgan fingerprint density at radius 1 is 1.16 bits per heavy atom. The van der Waals surface area contributed by atoms with Crippen molar-refractivity contribution in [1.82, 2.24) is 4.57 Å². The van der Waals surface area contributed by atoms with Crippen LogP contribution in [0.2, 0.25) is 0 Å². The Kier molecular flexibility index (Phi) is 3.60. The van der Waals surface area contributed by atoms with Gasteiger partial charge in [-0.3, -0.25) is 0 Å². The molecular weight excluding hydrogens is 242 g/mol. The van der Waals surface area contributed by atoms with E-state index in [0.29, 0.717) is 5.75 Å². The largest absolute Gasteiger partial charge is 0.482 e. The lowest BCUT2D eigenvalue weighted by Crippen LogP contribution is -2.09. The molecule has 0 aliphatic heterocycles. The number of nitrogens with zero attached hydrogens (tertiary/aromatic N) is 1. The van der Waals surface area contributed by atoms with Crippen LogP contribution in [0.5, 0.6) is 5.75 Å². The summed E-state index contributed by atoms with van der Waals surface area (Å²) in [6, 6.07) is 9.75. The number of benzene rings is 1. The standard InChI is InChI=1S/C15H17NO3/c1-10-8-13(19-9-15(17)18)6-7-14(10)16-11(2)4-5-12(16)3/h4-8H,9H2,1-3H3,(H,17,18). The molecule has 2 aromatic rings. The molecule has 19 heavy (non-hydrogen) atoms. The van der Waals surface area contributed by atoms with Gasteiger partial charge < -0.3 is 14.4 Å². The molecule has 1 N–H and O–H groups in total. The monoisotopic (exact) mass is 259 g/mol. The number of rotatable bonds is 4. The van der Waals surface area contributed by atoms with Gasteiger partial charge in [0.25, 0.3) is 0 Å². The number of aryl methyl sites for hydroxylation is 3. The summed E-state index contributed by atoms with van der Waals surface area (Å²) in [7, 11) is 0. The van der Waals surface area contributed by atoms with Crippen LogP contribution in [0.4, 0.5) is 0 Å². The SMILES string of the molecule is Cc1cc(OCC(=O)O)ccc1-n1c(C)ccc1C. The maximum Gasteiger partial charge on any atom is 0.341 e. The number of hydrogen-bond donors (Lipinski definition) is 1. The Morgan fingerprint density at radius 3 is 2.32 bits per heavy atom. The van der Waals surface area contributed by atoms with Crippen LogP contribution >= 0.6 is 0 Å². The van der Waals surface area contributed by atoms with Crippen LogP contribution in [0.15, 0.2) is 30.3 Å². The average Bonchev–Trinajstić information content (AvgIpc) is 2.67. The fourth-order valence-corrected chi connectivity index (χ4v) is 2.16. The zero-order valence-electron chi connectivity index (χ0n) is 11.3. The van der Waals surface area contributed by atoms with E-state index in [4.69, 9.17) is 9.84 Å². The molecule has 4 heteroatoms. The zero-order chi connectivity index (χ0) is 14.0. The van der Waals surface area contributed by atoms with Crippen LogP contribution in [0.25, 0.3) is 5.69 Å². The molecule has 0 radical (unpaired) electrons. The molecule has 0 aliphatic rings. The molecule has 0 saturated carbocycles. The van der Waals surface area contributed by atoms with Crippen molar-refractivity contribution < 1.29 is 14.6 Å². The van der Waals surface area contributed by atoms with Crippen LogP contribution in [-0.4, -0.2) is 22.2 Å². The van der Waals surface area contributed by atoms with Gasteiger partial charge in [-0.05, 0) is 56.7 Å². The van der Waals surface area contributed by atoms with Gasteiger partial charge in [0.15, 0.2) is 6.61 Å². The molecule has 0 fully saturated rings. The van der Waals surface area contributed by atoms with Crippen molar-refractivity contribution in [1.29, 1.82) is 0 Å². The number of aliphatic carboxylic acids is 1. The smallest absolute Gasteiger partial charge is 0.341 e. The van der Waals surface area contributed by atoms with Gasteiger partial charge in [0, 0.05) is 17.1 Å². The first-order chi connectivity index (χ1) is 8.99. The van der Waals surface area contributed by atoms with Crippen molar-refractivity contribution in [2.24, 2.45) is 0 Å². The molecule has 0 saturated heterocycles. The first-order valence-corrected chi connectivity index (χ1v) is 6.09. The third-order valence-corrected chi connectivity index (χ3v) is 3.04. The van der Waals surface area contributed by atoms with Gasteiger partial charge in [-0.25, -0.2) is 4.79 Å². The highest BCUT2D eigenvalue weighted by Crippen LogP contribution is 2.23. The van der Waals surface area contributed by atoms with Crippen molar-refractivity contribution in [2.45, 2.75) is 20.8 Å². The fraction of sp³-hybridized carbons (Fsp3) is 0.267. The highest BCUT2D eigenvalue weighted by atomic mass is 16.5. The number of carboxylic acid groups (broad SMARTS) is 1. The van der Waals surface area contributed by atoms with Crippen molar-refractivity contribution in [2.75, 3.05) is 6.61 Å². The predicted octanol–water partition coefficient (Wildman–Crippen LogP) is 2.87. The maximum absolute atomic E-state index is 10.5. The van der Waals surface area contributed by atoms with Crippen LogP contribution in [0.1, 0.15) is 17.0 Å². The molecule has 0 spiro atoms. The molecule has 0 bridgehead atoms. The second-order valence-electron chi connectivity index (χ2n) is 4.58. The van der Waals surface area contributed by atoms with Crippen molar-refractivity contribution in [3.8, 4) is 11.4 Å². The lowest BCUT2D eigenvalue weighted by atomic mass is 10.2.